The molecule has 124 valence electrons. The van der Waals surface area contributed by atoms with E-state index in [1.165, 1.54) is 38.5 Å². The van der Waals surface area contributed by atoms with E-state index in [2.05, 4.69) is 20.8 Å². The second kappa shape index (κ2) is 9.48. The third-order valence-corrected chi connectivity index (χ3v) is 5.64. The van der Waals surface area contributed by atoms with Gasteiger partial charge >= 0.3 is 5.97 Å². The largest absolute Gasteiger partial charge is 0.481 e. The molecule has 0 atom stereocenters. The number of rotatable bonds is 10. The summed E-state index contributed by atoms with van der Waals surface area (Å²) in [7, 11) is 0. The van der Waals surface area contributed by atoms with Crippen molar-refractivity contribution in [1.29, 1.82) is 0 Å². The van der Waals surface area contributed by atoms with Crippen LogP contribution in [0, 0.1) is 17.3 Å². The molecule has 0 radical (unpaired) electrons. The molecule has 0 spiro atoms. The standard InChI is InChI=1S/C19H36O2/c1-4-5-6-7-8-9-10-13-19(18(20)21)14-11-17(12-15-19)16(2)3/h16-17H,4-15H2,1-3H3,(H,20,21). The second-order valence-corrected chi connectivity index (χ2v) is 7.54. The van der Waals surface area contributed by atoms with Crippen LogP contribution in [0.4, 0.5) is 0 Å². The van der Waals surface area contributed by atoms with Gasteiger partial charge in [-0.05, 0) is 43.9 Å². The average Bonchev–Trinajstić information content (AvgIpc) is 2.46. The summed E-state index contributed by atoms with van der Waals surface area (Å²) in [5.41, 5.74) is -0.394. The van der Waals surface area contributed by atoms with Crippen molar-refractivity contribution < 1.29 is 9.90 Å². The Kier molecular flexibility index (Phi) is 8.36. The van der Waals surface area contributed by atoms with E-state index >= 15 is 0 Å². The van der Waals surface area contributed by atoms with Crippen LogP contribution in [-0.4, -0.2) is 11.1 Å². The number of aliphatic carboxylic acids is 1. The minimum atomic E-state index is -0.532. The van der Waals surface area contributed by atoms with E-state index in [1.54, 1.807) is 0 Å². The first-order valence-electron chi connectivity index (χ1n) is 9.25. The second-order valence-electron chi connectivity index (χ2n) is 7.54. The summed E-state index contributed by atoms with van der Waals surface area (Å²) < 4.78 is 0. The Morgan fingerprint density at radius 3 is 2.05 bits per heavy atom. The molecule has 0 aromatic rings. The highest BCUT2D eigenvalue weighted by atomic mass is 16.4. The lowest BCUT2D eigenvalue weighted by Crippen LogP contribution is -2.36. The van der Waals surface area contributed by atoms with Gasteiger partial charge in [0.1, 0.15) is 0 Å². The van der Waals surface area contributed by atoms with E-state index < -0.39 is 11.4 Å². The zero-order valence-corrected chi connectivity index (χ0v) is 14.5. The van der Waals surface area contributed by atoms with Crippen molar-refractivity contribution in [3.63, 3.8) is 0 Å². The highest BCUT2D eigenvalue weighted by molar-refractivity contribution is 5.74. The van der Waals surface area contributed by atoms with Gasteiger partial charge in [-0.25, -0.2) is 0 Å². The van der Waals surface area contributed by atoms with Crippen LogP contribution < -0.4 is 0 Å². The number of hydrogen-bond acceptors (Lipinski definition) is 1. The van der Waals surface area contributed by atoms with Crippen LogP contribution in [-0.2, 0) is 4.79 Å². The SMILES string of the molecule is CCCCCCCCCC1(C(=O)O)CCC(C(C)C)CC1. The Labute approximate surface area is 131 Å². The van der Waals surface area contributed by atoms with Crippen LogP contribution >= 0.6 is 0 Å². The molecule has 2 nitrogen and oxygen atoms in total. The van der Waals surface area contributed by atoms with Gasteiger partial charge in [-0.3, -0.25) is 4.79 Å². The van der Waals surface area contributed by atoms with Crippen LogP contribution in [0.25, 0.3) is 0 Å². The maximum atomic E-state index is 11.8. The van der Waals surface area contributed by atoms with Gasteiger partial charge in [-0.15, -0.1) is 0 Å². The van der Waals surface area contributed by atoms with Gasteiger partial charge in [-0.1, -0.05) is 65.7 Å². The van der Waals surface area contributed by atoms with E-state index in [-0.39, 0.29) is 0 Å². The van der Waals surface area contributed by atoms with Crippen molar-refractivity contribution in [2.75, 3.05) is 0 Å². The molecule has 0 bridgehead atoms. The van der Waals surface area contributed by atoms with Crippen molar-refractivity contribution in [3.8, 4) is 0 Å². The predicted octanol–water partition coefficient (Wildman–Crippen LogP) is 6.04. The van der Waals surface area contributed by atoms with E-state index in [1.807, 2.05) is 0 Å². The van der Waals surface area contributed by atoms with E-state index in [0.717, 1.165) is 44.4 Å². The number of carboxylic acids is 1. The highest BCUT2D eigenvalue weighted by Gasteiger charge is 2.41. The number of carboxylic acid groups (broad SMARTS) is 1. The fourth-order valence-electron chi connectivity index (χ4n) is 3.85. The lowest BCUT2D eigenvalue weighted by molar-refractivity contribution is -0.152. The summed E-state index contributed by atoms with van der Waals surface area (Å²) in [6, 6.07) is 0. The molecule has 2 heteroatoms. The maximum Gasteiger partial charge on any atom is 0.309 e. The minimum absolute atomic E-state index is 0.394. The van der Waals surface area contributed by atoms with Gasteiger partial charge in [-0.2, -0.15) is 0 Å². The first-order chi connectivity index (χ1) is 10.0. The monoisotopic (exact) mass is 296 g/mol. The number of carbonyl (C=O) groups is 1. The maximum absolute atomic E-state index is 11.8. The average molecular weight is 296 g/mol. The summed E-state index contributed by atoms with van der Waals surface area (Å²) in [6.45, 7) is 6.79. The fraction of sp³-hybridized carbons (Fsp3) is 0.947. The molecule has 1 aliphatic rings. The molecule has 0 heterocycles. The van der Waals surface area contributed by atoms with Crippen LogP contribution in [0.2, 0.25) is 0 Å². The molecule has 1 rings (SSSR count). The number of hydrogen-bond donors (Lipinski definition) is 1. The van der Waals surface area contributed by atoms with Crippen molar-refractivity contribution in [2.45, 2.75) is 97.8 Å². The normalized spacial score (nSPS) is 26.2. The Balaban J connectivity index is 2.29. The van der Waals surface area contributed by atoms with Crippen LogP contribution in [0.5, 0.6) is 0 Å². The topological polar surface area (TPSA) is 37.3 Å². The lowest BCUT2D eigenvalue weighted by atomic mass is 9.66. The quantitative estimate of drug-likeness (QED) is 0.499. The van der Waals surface area contributed by atoms with E-state index in [4.69, 9.17) is 0 Å². The lowest BCUT2D eigenvalue weighted by Gasteiger charge is -2.38. The van der Waals surface area contributed by atoms with Crippen LogP contribution in [0.15, 0.2) is 0 Å². The third kappa shape index (κ3) is 6.00. The molecular formula is C19H36O2. The molecule has 0 aliphatic heterocycles. The van der Waals surface area contributed by atoms with Gasteiger partial charge < -0.3 is 5.11 Å². The Hall–Kier alpha value is -0.530. The molecule has 0 amide bonds. The molecule has 1 fully saturated rings. The van der Waals surface area contributed by atoms with Crippen molar-refractivity contribution in [3.05, 3.63) is 0 Å². The Morgan fingerprint density at radius 2 is 1.57 bits per heavy atom. The fourth-order valence-corrected chi connectivity index (χ4v) is 3.85. The minimum Gasteiger partial charge on any atom is -0.481 e. The zero-order valence-electron chi connectivity index (χ0n) is 14.5. The van der Waals surface area contributed by atoms with E-state index in [0.29, 0.717) is 5.92 Å². The van der Waals surface area contributed by atoms with Crippen LogP contribution in [0.1, 0.15) is 97.8 Å². The zero-order chi connectivity index (χ0) is 15.7. The molecule has 0 unspecified atom stereocenters. The molecule has 0 aromatic heterocycles. The van der Waals surface area contributed by atoms with Gasteiger partial charge in [0, 0.05) is 0 Å². The van der Waals surface area contributed by atoms with Gasteiger partial charge in [0.2, 0.25) is 0 Å². The molecule has 0 aromatic carbocycles. The Bertz CT molecular complexity index is 288. The molecule has 1 saturated carbocycles. The first-order valence-corrected chi connectivity index (χ1v) is 9.25. The van der Waals surface area contributed by atoms with E-state index in [9.17, 15) is 9.90 Å². The summed E-state index contributed by atoms with van der Waals surface area (Å²) in [6.07, 6.45) is 13.8. The Morgan fingerprint density at radius 1 is 1.05 bits per heavy atom. The summed E-state index contributed by atoms with van der Waals surface area (Å²) in [4.78, 5) is 11.8. The van der Waals surface area contributed by atoms with Crippen molar-refractivity contribution in [2.24, 2.45) is 17.3 Å². The van der Waals surface area contributed by atoms with Gasteiger partial charge in [0.05, 0.1) is 5.41 Å². The summed E-state index contributed by atoms with van der Waals surface area (Å²) >= 11 is 0. The predicted molar refractivity (Wildman–Crippen MR) is 89.5 cm³/mol. The smallest absolute Gasteiger partial charge is 0.309 e. The summed E-state index contributed by atoms with van der Waals surface area (Å²) in [5.74, 6) is 0.914. The number of unbranched alkanes of at least 4 members (excludes halogenated alkanes) is 6. The molecular weight excluding hydrogens is 260 g/mol. The molecule has 21 heavy (non-hydrogen) atoms. The van der Waals surface area contributed by atoms with Gasteiger partial charge in [0.25, 0.3) is 0 Å². The summed E-state index contributed by atoms with van der Waals surface area (Å²) in [5, 5.41) is 9.69. The molecule has 0 saturated heterocycles. The first kappa shape index (κ1) is 18.5. The van der Waals surface area contributed by atoms with Crippen LogP contribution in [0.3, 0.4) is 0 Å². The molecule has 1 N–H and O–H groups in total. The molecule has 1 aliphatic carbocycles. The van der Waals surface area contributed by atoms with Crippen molar-refractivity contribution in [1.82, 2.24) is 0 Å². The van der Waals surface area contributed by atoms with Gasteiger partial charge in [0.15, 0.2) is 0 Å². The highest BCUT2D eigenvalue weighted by Crippen LogP contribution is 2.45. The van der Waals surface area contributed by atoms with Crippen molar-refractivity contribution >= 4 is 5.97 Å². The third-order valence-electron chi connectivity index (χ3n) is 5.64.